The first-order valence-corrected chi connectivity index (χ1v) is 15.9. The molecule has 0 spiro atoms. The van der Waals surface area contributed by atoms with Gasteiger partial charge in [-0.2, -0.15) is 0 Å². The van der Waals surface area contributed by atoms with Crippen LogP contribution in [0.15, 0.2) is 36.5 Å². The van der Waals surface area contributed by atoms with Gasteiger partial charge in [-0.3, -0.25) is 4.90 Å². The van der Waals surface area contributed by atoms with Gasteiger partial charge in [0.2, 0.25) is 5.88 Å². The van der Waals surface area contributed by atoms with Crippen LogP contribution in [0.1, 0.15) is 115 Å². The van der Waals surface area contributed by atoms with Crippen molar-refractivity contribution in [2.45, 2.75) is 117 Å². The highest BCUT2D eigenvalue weighted by molar-refractivity contribution is 5.84. The maximum atomic E-state index is 14.0. The predicted molar refractivity (Wildman–Crippen MR) is 168 cm³/mol. The van der Waals surface area contributed by atoms with Crippen LogP contribution < -0.4 is 10.1 Å². The Hall–Kier alpha value is -3.13. The van der Waals surface area contributed by atoms with E-state index in [1.807, 2.05) is 32.2 Å². The van der Waals surface area contributed by atoms with E-state index in [2.05, 4.69) is 63.1 Å². The molecule has 8 nitrogen and oxygen atoms in total. The molecule has 0 bridgehead atoms. The zero-order valence-electron chi connectivity index (χ0n) is 27.5. The number of nitrogens with one attached hydrogen (secondary N) is 1. The molecule has 0 radical (unpaired) electrons. The van der Waals surface area contributed by atoms with Crippen LogP contribution in [0.5, 0.6) is 5.88 Å². The number of hydrogen-bond acceptors (Lipinski definition) is 7. The van der Waals surface area contributed by atoms with E-state index in [1.54, 1.807) is 18.9 Å². The topological polar surface area (TPSA) is 90.0 Å². The smallest absolute Gasteiger partial charge is 0.411 e. The molecule has 1 saturated heterocycles. The first kappa shape index (κ1) is 32.8. The molecule has 1 amide bonds. The molecule has 43 heavy (non-hydrogen) atoms. The van der Waals surface area contributed by atoms with E-state index in [-0.39, 0.29) is 36.0 Å². The van der Waals surface area contributed by atoms with Gasteiger partial charge >= 0.3 is 12.1 Å². The molecular formula is C35H51N3O5. The lowest BCUT2D eigenvalue weighted by Crippen LogP contribution is -2.49. The van der Waals surface area contributed by atoms with Crippen LogP contribution in [0.25, 0.3) is 0 Å². The summed E-state index contributed by atoms with van der Waals surface area (Å²) in [5.74, 6) is 0.623. The second kappa shape index (κ2) is 13.7. The zero-order valence-corrected chi connectivity index (χ0v) is 27.5. The number of methoxy groups -OCH3 is 1. The minimum absolute atomic E-state index is 0.206. The maximum Gasteiger partial charge on any atom is 0.411 e. The zero-order chi connectivity index (χ0) is 31.5. The van der Waals surface area contributed by atoms with Gasteiger partial charge in [-0.15, -0.1) is 0 Å². The molecule has 2 aliphatic rings. The molecule has 1 aliphatic heterocycles. The van der Waals surface area contributed by atoms with Crippen LogP contribution in [-0.2, 0) is 20.8 Å². The molecule has 2 fully saturated rings. The lowest BCUT2D eigenvalue weighted by molar-refractivity contribution is -0.151. The molecule has 1 aliphatic carbocycles. The average molecular weight is 594 g/mol. The van der Waals surface area contributed by atoms with Crippen LogP contribution in [0.3, 0.4) is 0 Å². The summed E-state index contributed by atoms with van der Waals surface area (Å²) in [5.41, 5.74) is 3.96. The normalized spacial score (nSPS) is 22.5. The minimum Gasteiger partial charge on any atom is -0.481 e. The fourth-order valence-electron chi connectivity index (χ4n) is 6.81. The number of rotatable bonds is 10. The van der Waals surface area contributed by atoms with Gasteiger partial charge in [-0.1, -0.05) is 65.3 Å². The molecule has 2 heterocycles. The van der Waals surface area contributed by atoms with Crippen molar-refractivity contribution in [1.29, 1.82) is 0 Å². The average Bonchev–Trinajstić information content (AvgIpc) is 3.26. The molecular weight excluding hydrogens is 542 g/mol. The quantitative estimate of drug-likeness (QED) is 0.293. The Morgan fingerprint density at radius 1 is 1.12 bits per heavy atom. The summed E-state index contributed by atoms with van der Waals surface area (Å²) in [6.07, 6.45) is 4.67. The van der Waals surface area contributed by atoms with Gasteiger partial charge in [-0.25, -0.2) is 14.6 Å². The van der Waals surface area contributed by atoms with E-state index < -0.39 is 24.1 Å². The monoisotopic (exact) mass is 593 g/mol. The molecule has 1 saturated carbocycles. The fraction of sp³-hybridized carbons (Fsp3) is 0.629. The molecule has 4 atom stereocenters. The lowest BCUT2D eigenvalue weighted by atomic mass is 9.72. The van der Waals surface area contributed by atoms with Crippen molar-refractivity contribution in [3.63, 3.8) is 0 Å². The number of esters is 1. The number of carbonyl (C=O) groups is 2. The lowest BCUT2D eigenvalue weighted by Gasteiger charge is -2.36. The maximum absolute atomic E-state index is 14.0. The summed E-state index contributed by atoms with van der Waals surface area (Å²) in [4.78, 5) is 34.2. The van der Waals surface area contributed by atoms with Crippen molar-refractivity contribution in [2.75, 3.05) is 13.7 Å². The second-order valence-corrected chi connectivity index (χ2v) is 13.6. The van der Waals surface area contributed by atoms with Gasteiger partial charge < -0.3 is 19.5 Å². The van der Waals surface area contributed by atoms with E-state index >= 15 is 0 Å². The van der Waals surface area contributed by atoms with Crippen molar-refractivity contribution >= 4 is 12.1 Å². The Bertz CT molecular complexity index is 1270. The SMILES string of the molecule is CCOC(=O)[C@@H]1[C@@H](C(C)(C)C)[C@H](NCc2cc(C3CCC3)cnc2OC)[C@H](c2ccccc2C(C)C)N1C(=O)OC(C)C. The predicted octanol–water partition coefficient (Wildman–Crippen LogP) is 7.14. The number of ether oxygens (including phenoxy) is 3. The Morgan fingerprint density at radius 2 is 1.81 bits per heavy atom. The standard InChI is InChI=1S/C35H51N3O5/c1-10-42-33(39)31-28(35(6,7)8)29(36-20-25-18-24(23-14-13-15-23)19-37-32(25)41-9)30(38(31)34(40)43-22(4)5)27-17-12-11-16-26(27)21(2)3/h11-12,16-19,21-23,28-31,36H,10,13-15,20H2,1-9H3/t28-,29-,30-,31-/m0/s1. The molecule has 1 aromatic heterocycles. The Balaban J connectivity index is 1.87. The number of amides is 1. The van der Waals surface area contributed by atoms with Gasteiger partial charge in [0.15, 0.2) is 0 Å². The molecule has 2 aromatic rings. The van der Waals surface area contributed by atoms with E-state index in [4.69, 9.17) is 14.2 Å². The van der Waals surface area contributed by atoms with E-state index in [0.717, 1.165) is 16.7 Å². The van der Waals surface area contributed by atoms with Crippen LogP contribution in [-0.4, -0.2) is 53.9 Å². The summed E-state index contributed by atoms with van der Waals surface area (Å²) in [7, 11) is 1.64. The van der Waals surface area contributed by atoms with Gasteiger partial charge in [-0.05, 0) is 73.6 Å². The Labute approximate surface area is 257 Å². The fourth-order valence-corrected chi connectivity index (χ4v) is 6.81. The minimum atomic E-state index is -0.838. The van der Waals surface area contributed by atoms with E-state index in [0.29, 0.717) is 18.3 Å². The summed E-state index contributed by atoms with van der Waals surface area (Å²) in [6.45, 7) is 16.8. The molecule has 236 valence electrons. The van der Waals surface area contributed by atoms with Gasteiger partial charge in [0.1, 0.15) is 6.04 Å². The molecule has 8 heteroatoms. The van der Waals surface area contributed by atoms with Crippen molar-refractivity contribution in [3.05, 3.63) is 58.8 Å². The highest BCUT2D eigenvalue weighted by atomic mass is 16.6. The Morgan fingerprint density at radius 3 is 2.37 bits per heavy atom. The summed E-state index contributed by atoms with van der Waals surface area (Å²) >= 11 is 0. The summed E-state index contributed by atoms with van der Waals surface area (Å²) in [6, 6.07) is 8.81. The van der Waals surface area contributed by atoms with Crippen molar-refractivity contribution in [2.24, 2.45) is 11.3 Å². The number of benzene rings is 1. The van der Waals surface area contributed by atoms with Crippen LogP contribution in [0.4, 0.5) is 4.79 Å². The van der Waals surface area contributed by atoms with Crippen LogP contribution in [0.2, 0.25) is 0 Å². The largest absolute Gasteiger partial charge is 0.481 e. The third-order valence-corrected chi connectivity index (χ3v) is 8.92. The molecule has 4 rings (SSSR count). The number of pyridine rings is 1. The van der Waals surface area contributed by atoms with Crippen molar-refractivity contribution in [3.8, 4) is 5.88 Å². The molecule has 0 unspecified atom stereocenters. The molecule has 1 aromatic carbocycles. The van der Waals surface area contributed by atoms with Gasteiger partial charge in [0, 0.05) is 30.3 Å². The third kappa shape index (κ3) is 7.00. The van der Waals surface area contributed by atoms with Gasteiger partial charge in [0.05, 0.1) is 25.9 Å². The number of hydrogen-bond donors (Lipinski definition) is 1. The third-order valence-electron chi connectivity index (χ3n) is 8.92. The summed E-state index contributed by atoms with van der Waals surface area (Å²) in [5, 5.41) is 3.83. The first-order chi connectivity index (χ1) is 20.4. The Kier molecular flexibility index (Phi) is 10.4. The summed E-state index contributed by atoms with van der Waals surface area (Å²) < 4.78 is 17.2. The molecule has 1 N–H and O–H groups in total. The number of likely N-dealkylation sites (tertiary alicyclic amines) is 1. The van der Waals surface area contributed by atoms with Crippen LogP contribution in [0, 0.1) is 11.3 Å². The van der Waals surface area contributed by atoms with Crippen molar-refractivity contribution in [1.82, 2.24) is 15.2 Å². The number of carbonyl (C=O) groups excluding carboxylic acids is 2. The van der Waals surface area contributed by atoms with E-state index in [1.165, 1.54) is 24.8 Å². The number of aromatic nitrogens is 1. The van der Waals surface area contributed by atoms with Crippen LogP contribution >= 0.6 is 0 Å². The highest BCUT2D eigenvalue weighted by Gasteiger charge is 2.59. The highest BCUT2D eigenvalue weighted by Crippen LogP contribution is 2.50. The van der Waals surface area contributed by atoms with Gasteiger partial charge in [0.25, 0.3) is 0 Å². The van der Waals surface area contributed by atoms with E-state index in [9.17, 15) is 9.59 Å². The first-order valence-electron chi connectivity index (χ1n) is 15.9. The number of nitrogens with zero attached hydrogens (tertiary/aromatic N) is 2. The van der Waals surface area contributed by atoms with Crippen molar-refractivity contribution < 1.29 is 23.8 Å². The second-order valence-electron chi connectivity index (χ2n) is 13.6.